The van der Waals surface area contributed by atoms with Gasteiger partial charge >= 0.3 is 0 Å². The summed E-state index contributed by atoms with van der Waals surface area (Å²) in [5.74, 6) is 0.204. The predicted octanol–water partition coefficient (Wildman–Crippen LogP) is 2.17. The van der Waals surface area contributed by atoms with Crippen molar-refractivity contribution in [2.75, 3.05) is 32.7 Å². The van der Waals surface area contributed by atoms with Crippen LogP contribution < -0.4 is 0 Å². The van der Waals surface area contributed by atoms with Crippen molar-refractivity contribution >= 4 is 17.2 Å². The number of hydrogen-bond acceptors (Lipinski definition) is 4. The molecule has 1 N–H and O–H groups in total. The van der Waals surface area contributed by atoms with Crippen LogP contribution >= 0.6 is 11.3 Å². The van der Waals surface area contributed by atoms with Crippen LogP contribution in [0.15, 0.2) is 47.8 Å². The van der Waals surface area contributed by atoms with Crippen LogP contribution in [0.3, 0.4) is 0 Å². The number of hydrogen-bond donors (Lipinski definition) is 1. The molecule has 1 atom stereocenters. The molecule has 2 heterocycles. The molecule has 2 aromatic rings. The van der Waals surface area contributed by atoms with Crippen molar-refractivity contribution in [1.82, 2.24) is 9.80 Å². The van der Waals surface area contributed by atoms with Gasteiger partial charge in [-0.25, -0.2) is 0 Å². The van der Waals surface area contributed by atoms with Crippen molar-refractivity contribution in [3.63, 3.8) is 0 Å². The number of aliphatic hydroxyl groups is 1. The van der Waals surface area contributed by atoms with Crippen LogP contribution in [0.2, 0.25) is 0 Å². The van der Waals surface area contributed by atoms with E-state index in [1.165, 1.54) is 0 Å². The molecule has 1 aliphatic heterocycles. The van der Waals surface area contributed by atoms with Gasteiger partial charge in [0, 0.05) is 37.6 Å². The van der Waals surface area contributed by atoms with Gasteiger partial charge in [0.05, 0.1) is 12.5 Å². The van der Waals surface area contributed by atoms with Crippen molar-refractivity contribution in [2.45, 2.75) is 12.5 Å². The van der Waals surface area contributed by atoms with Gasteiger partial charge in [-0.1, -0.05) is 36.4 Å². The first kappa shape index (κ1) is 16.2. The first-order valence-electron chi connectivity index (χ1n) is 7.98. The second-order valence-electron chi connectivity index (χ2n) is 5.86. The first-order chi connectivity index (χ1) is 11.2. The van der Waals surface area contributed by atoms with Crippen LogP contribution in [0.4, 0.5) is 0 Å². The van der Waals surface area contributed by atoms with Crippen molar-refractivity contribution in [3.8, 4) is 0 Å². The second kappa shape index (κ2) is 7.73. The highest BCUT2D eigenvalue weighted by Gasteiger charge is 2.23. The summed E-state index contributed by atoms with van der Waals surface area (Å²) >= 11 is 1.63. The molecule has 1 saturated heterocycles. The Kier molecular flexibility index (Phi) is 5.43. The van der Waals surface area contributed by atoms with Crippen molar-refractivity contribution < 1.29 is 9.90 Å². The molecular weight excluding hydrogens is 308 g/mol. The third-order valence-corrected chi connectivity index (χ3v) is 5.12. The fraction of sp³-hybridized carbons (Fsp3) is 0.389. The highest BCUT2D eigenvalue weighted by molar-refractivity contribution is 7.10. The van der Waals surface area contributed by atoms with Gasteiger partial charge in [0.2, 0.25) is 5.91 Å². The van der Waals surface area contributed by atoms with Crippen molar-refractivity contribution in [2.24, 2.45) is 0 Å². The van der Waals surface area contributed by atoms with Gasteiger partial charge in [0.25, 0.3) is 0 Å². The lowest BCUT2D eigenvalue weighted by molar-refractivity contribution is -0.132. The zero-order valence-electron chi connectivity index (χ0n) is 13.1. The SMILES string of the molecule is O=C(Cc1cccs1)N1CCN(C[C@@H](O)c2ccccc2)CC1. The Balaban J connectivity index is 1.46. The monoisotopic (exact) mass is 330 g/mol. The van der Waals surface area contributed by atoms with Crippen LogP contribution in [-0.4, -0.2) is 53.5 Å². The first-order valence-corrected chi connectivity index (χ1v) is 8.86. The molecule has 0 radical (unpaired) electrons. The summed E-state index contributed by atoms with van der Waals surface area (Å²) in [6.07, 6.45) is 0.0363. The minimum Gasteiger partial charge on any atom is -0.387 e. The number of nitrogens with zero attached hydrogens (tertiary/aromatic N) is 2. The molecule has 1 aromatic carbocycles. The lowest BCUT2D eigenvalue weighted by atomic mass is 10.1. The molecule has 3 rings (SSSR count). The largest absolute Gasteiger partial charge is 0.387 e. The lowest BCUT2D eigenvalue weighted by Gasteiger charge is -2.35. The molecule has 1 fully saturated rings. The Morgan fingerprint density at radius 2 is 1.83 bits per heavy atom. The van der Waals surface area contributed by atoms with E-state index in [0.29, 0.717) is 13.0 Å². The van der Waals surface area contributed by atoms with E-state index in [2.05, 4.69) is 4.90 Å². The minimum absolute atomic E-state index is 0.204. The molecule has 4 nitrogen and oxygen atoms in total. The lowest BCUT2D eigenvalue weighted by Crippen LogP contribution is -2.49. The summed E-state index contributed by atoms with van der Waals surface area (Å²) in [6.45, 7) is 3.74. The number of thiophene rings is 1. The molecule has 0 spiro atoms. The molecule has 23 heavy (non-hydrogen) atoms. The van der Waals surface area contributed by atoms with Gasteiger partial charge in [-0.2, -0.15) is 0 Å². The summed E-state index contributed by atoms with van der Waals surface area (Å²) in [5.41, 5.74) is 0.948. The van der Waals surface area contributed by atoms with E-state index < -0.39 is 6.10 Å². The Morgan fingerprint density at radius 1 is 1.09 bits per heavy atom. The molecule has 1 aromatic heterocycles. The average Bonchev–Trinajstić information content (AvgIpc) is 3.09. The molecule has 1 amide bonds. The molecule has 0 aliphatic carbocycles. The second-order valence-corrected chi connectivity index (χ2v) is 6.90. The summed E-state index contributed by atoms with van der Waals surface area (Å²) in [6, 6.07) is 13.7. The Morgan fingerprint density at radius 3 is 2.48 bits per heavy atom. The summed E-state index contributed by atoms with van der Waals surface area (Å²) in [7, 11) is 0. The number of carbonyl (C=O) groups excluding carboxylic acids is 1. The zero-order chi connectivity index (χ0) is 16.1. The molecular formula is C18H22N2O2S. The molecule has 0 saturated carbocycles. The van der Waals surface area contributed by atoms with Crippen LogP contribution in [0.25, 0.3) is 0 Å². The number of rotatable bonds is 5. The maximum atomic E-state index is 12.3. The highest BCUT2D eigenvalue weighted by atomic mass is 32.1. The van der Waals surface area contributed by atoms with Gasteiger partial charge in [-0.05, 0) is 17.0 Å². The van der Waals surface area contributed by atoms with Crippen molar-refractivity contribution in [1.29, 1.82) is 0 Å². The highest BCUT2D eigenvalue weighted by Crippen LogP contribution is 2.16. The summed E-state index contributed by atoms with van der Waals surface area (Å²) < 4.78 is 0. The molecule has 5 heteroatoms. The van der Waals surface area contributed by atoms with Gasteiger partial charge in [-0.3, -0.25) is 9.69 Å². The maximum absolute atomic E-state index is 12.3. The third kappa shape index (κ3) is 4.41. The van der Waals surface area contributed by atoms with E-state index in [9.17, 15) is 9.90 Å². The zero-order valence-corrected chi connectivity index (χ0v) is 13.9. The summed E-state index contributed by atoms with van der Waals surface area (Å²) in [4.78, 5) is 17.6. The third-order valence-electron chi connectivity index (χ3n) is 4.25. The molecule has 122 valence electrons. The number of aliphatic hydroxyl groups excluding tert-OH is 1. The van der Waals surface area contributed by atoms with Crippen LogP contribution in [0, 0.1) is 0 Å². The predicted molar refractivity (Wildman–Crippen MR) is 92.4 cm³/mol. The average molecular weight is 330 g/mol. The van der Waals surface area contributed by atoms with E-state index >= 15 is 0 Å². The van der Waals surface area contributed by atoms with Gasteiger partial charge < -0.3 is 10.0 Å². The van der Waals surface area contributed by atoms with E-state index in [0.717, 1.165) is 36.6 Å². The maximum Gasteiger partial charge on any atom is 0.227 e. The van der Waals surface area contributed by atoms with Gasteiger partial charge in [0.1, 0.15) is 0 Å². The Bertz CT molecular complexity index is 607. The summed E-state index contributed by atoms with van der Waals surface area (Å²) in [5, 5.41) is 12.3. The molecule has 1 aliphatic rings. The minimum atomic E-state index is -0.468. The fourth-order valence-corrected chi connectivity index (χ4v) is 3.57. The fourth-order valence-electron chi connectivity index (χ4n) is 2.88. The van der Waals surface area contributed by atoms with Crippen molar-refractivity contribution in [3.05, 3.63) is 58.3 Å². The normalized spacial score (nSPS) is 17.2. The van der Waals surface area contributed by atoms with E-state index in [1.807, 2.05) is 52.7 Å². The van der Waals surface area contributed by atoms with Crippen LogP contribution in [0.1, 0.15) is 16.5 Å². The van der Waals surface area contributed by atoms with Gasteiger partial charge in [0.15, 0.2) is 0 Å². The van der Waals surface area contributed by atoms with E-state index in [1.54, 1.807) is 11.3 Å². The Labute approximate surface area is 141 Å². The number of β-amino-alcohol motifs (C(OH)–C–C–N with tert-alkyl or cyclic N) is 1. The van der Waals surface area contributed by atoms with Crippen LogP contribution in [0.5, 0.6) is 0 Å². The standard InChI is InChI=1S/C18H22N2O2S/c21-17(15-5-2-1-3-6-15)14-19-8-10-20(11-9-19)18(22)13-16-7-4-12-23-16/h1-7,12,17,21H,8-11,13-14H2/t17-/m1/s1. The van der Waals surface area contributed by atoms with E-state index in [-0.39, 0.29) is 5.91 Å². The van der Waals surface area contributed by atoms with E-state index in [4.69, 9.17) is 0 Å². The smallest absolute Gasteiger partial charge is 0.227 e. The number of carbonyl (C=O) groups is 1. The number of benzene rings is 1. The Hall–Kier alpha value is -1.69. The topological polar surface area (TPSA) is 43.8 Å². The molecule has 0 bridgehead atoms. The quantitative estimate of drug-likeness (QED) is 0.914. The number of piperazine rings is 1. The molecule has 0 unspecified atom stereocenters. The number of amides is 1. The van der Waals surface area contributed by atoms with Gasteiger partial charge in [-0.15, -0.1) is 11.3 Å². The van der Waals surface area contributed by atoms with Crippen LogP contribution in [-0.2, 0) is 11.2 Å².